The lowest BCUT2D eigenvalue weighted by Gasteiger charge is -2.33. The number of rotatable bonds is 8. The highest BCUT2D eigenvalue weighted by molar-refractivity contribution is 6.32. The predicted octanol–water partition coefficient (Wildman–Crippen LogP) is 6.04. The Morgan fingerprint density at radius 1 is 1.17 bits per heavy atom. The Morgan fingerprint density at radius 2 is 1.89 bits per heavy atom. The maximum Gasteiger partial charge on any atom is 0.311 e. The third-order valence-electron chi connectivity index (χ3n) is 5.37. The van der Waals surface area contributed by atoms with Crippen LogP contribution in [0.25, 0.3) is 10.9 Å². The van der Waals surface area contributed by atoms with Gasteiger partial charge in [-0.05, 0) is 41.0 Å². The van der Waals surface area contributed by atoms with Crippen molar-refractivity contribution in [1.82, 2.24) is 10.4 Å². The lowest BCUT2D eigenvalue weighted by atomic mass is 9.72. The molecule has 0 aliphatic carbocycles. The van der Waals surface area contributed by atoms with Gasteiger partial charge in [0.2, 0.25) is 0 Å². The minimum Gasteiger partial charge on any atom is -0.477 e. The highest BCUT2D eigenvalue weighted by Gasteiger charge is 2.29. The molecule has 0 fully saturated rings. The molecule has 1 N–H and O–H groups in total. The Bertz CT molecular complexity index is 1280. The summed E-state index contributed by atoms with van der Waals surface area (Å²) in [6, 6.07) is 14.2. The molecule has 0 saturated carbocycles. The van der Waals surface area contributed by atoms with Gasteiger partial charge in [0.15, 0.2) is 12.4 Å². The second-order valence-electron chi connectivity index (χ2n) is 10.2. The summed E-state index contributed by atoms with van der Waals surface area (Å²) in [6.45, 7) is 10.1. The number of nitrogens with one attached hydrogen (secondary N) is 1. The number of ether oxygens (including phenoxy) is 1. The Kier molecular flexibility index (Phi) is 7.75. The number of hydrogen-bond acceptors (Lipinski definition) is 6. The molecule has 8 nitrogen and oxygen atoms in total. The second-order valence-corrected chi connectivity index (χ2v) is 10.6. The normalized spacial score (nSPS) is 12.2. The molecular formula is C26H29ClN4O4. The zero-order valence-corrected chi connectivity index (χ0v) is 21.2. The van der Waals surface area contributed by atoms with E-state index in [0.717, 1.165) is 22.9 Å². The van der Waals surface area contributed by atoms with Crippen LogP contribution in [0, 0.1) is 15.5 Å². The number of benzene rings is 2. The Hall–Kier alpha value is -3.52. The van der Waals surface area contributed by atoms with Crippen LogP contribution in [0.1, 0.15) is 52.2 Å². The molecule has 9 heteroatoms. The second kappa shape index (κ2) is 10.4. The quantitative estimate of drug-likeness (QED) is 0.177. The summed E-state index contributed by atoms with van der Waals surface area (Å²) in [6.07, 6.45) is 2.22. The monoisotopic (exact) mass is 496 g/mol. The number of nitro benzene ring substituents is 1. The maximum atomic E-state index is 12.2. The van der Waals surface area contributed by atoms with Crippen molar-refractivity contribution in [1.29, 1.82) is 0 Å². The standard InChI is InChI=1S/C26H29ClN4O4/c1-25(2,3)16-26(4,5)19-10-11-22(21(13-19)31(33)34)35-15-23(32)30-28-14-18-12-17-8-6-7-9-20(17)29-24(18)27/h6-14H,15-16H2,1-5H3,(H,30,32)/b28-14-. The van der Waals surface area contributed by atoms with E-state index < -0.39 is 17.4 Å². The van der Waals surface area contributed by atoms with Crippen molar-refractivity contribution in [3.63, 3.8) is 0 Å². The summed E-state index contributed by atoms with van der Waals surface area (Å²) < 4.78 is 5.45. The van der Waals surface area contributed by atoms with Crippen molar-refractivity contribution in [2.24, 2.45) is 10.5 Å². The van der Waals surface area contributed by atoms with Gasteiger partial charge in [0.05, 0.1) is 16.7 Å². The first-order chi connectivity index (χ1) is 16.4. The van der Waals surface area contributed by atoms with Gasteiger partial charge >= 0.3 is 5.69 Å². The molecule has 1 heterocycles. The molecule has 3 rings (SSSR count). The summed E-state index contributed by atoms with van der Waals surface area (Å²) in [4.78, 5) is 27.7. The minimum absolute atomic E-state index is 0.0196. The van der Waals surface area contributed by atoms with Crippen LogP contribution in [-0.2, 0) is 10.2 Å². The lowest BCUT2D eigenvalue weighted by Crippen LogP contribution is -2.26. The fraction of sp³-hybridized carbons (Fsp3) is 0.346. The first-order valence-corrected chi connectivity index (χ1v) is 11.5. The van der Waals surface area contributed by atoms with Crippen LogP contribution >= 0.6 is 11.6 Å². The minimum atomic E-state index is -0.572. The number of fused-ring (bicyclic) bond motifs is 1. The van der Waals surface area contributed by atoms with E-state index in [1.54, 1.807) is 6.07 Å². The lowest BCUT2D eigenvalue weighted by molar-refractivity contribution is -0.385. The maximum absolute atomic E-state index is 12.2. The van der Waals surface area contributed by atoms with E-state index >= 15 is 0 Å². The van der Waals surface area contributed by atoms with Crippen LogP contribution in [0.5, 0.6) is 5.75 Å². The highest BCUT2D eigenvalue weighted by Crippen LogP contribution is 2.39. The summed E-state index contributed by atoms with van der Waals surface area (Å²) in [5, 5.41) is 16.7. The molecule has 0 aliphatic heterocycles. The fourth-order valence-electron chi connectivity index (χ4n) is 4.18. The number of carbonyl (C=O) groups excluding carboxylic acids is 1. The number of hydrazone groups is 1. The molecule has 0 unspecified atom stereocenters. The van der Waals surface area contributed by atoms with Gasteiger partial charge < -0.3 is 4.74 Å². The van der Waals surface area contributed by atoms with Gasteiger partial charge in [0.1, 0.15) is 5.15 Å². The smallest absolute Gasteiger partial charge is 0.311 e. The van der Waals surface area contributed by atoms with Crippen LogP contribution in [0.4, 0.5) is 5.69 Å². The van der Waals surface area contributed by atoms with Gasteiger partial charge in [0, 0.05) is 17.0 Å². The Labute approximate surface area is 209 Å². The average molecular weight is 497 g/mol. The molecule has 184 valence electrons. The Morgan fingerprint density at radius 3 is 2.57 bits per heavy atom. The van der Waals surface area contributed by atoms with Gasteiger partial charge in [-0.15, -0.1) is 0 Å². The predicted molar refractivity (Wildman–Crippen MR) is 138 cm³/mol. The molecule has 0 saturated heterocycles. The van der Waals surface area contributed by atoms with E-state index in [9.17, 15) is 14.9 Å². The van der Waals surface area contributed by atoms with Crippen LogP contribution in [0.3, 0.4) is 0 Å². The van der Waals surface area contributed by atoms with Crippen molar-refractivity contribution in [2.45, 2.75) is 46.5 Å². The molecule has 0 bridgehead atoms. The number of para-hydroxylation sites is 1. The van der Waals surface area contributed by atoms with E-state index in [1.807, 2.05) is 30.3 Å². The molecule has 0 aliphatic rings. The SMILES string of the molecule is CC(C)(C)CC(C)(C)c1ccc(OCC(=O)N/N=C\c2cc3ccccc3nc2Cl)c([N+](=O)[O-])c1. The van der Waals surface area contributed by atoms with Crippen LogP contribution in [0.15, 0.2) is 53.6 Å². The van der Waals surface area contributed by atoms with Crippen LogP contribution in [0.2, 0.25) is 5.15 Å². The molecule has 0 atom stereocenters. The number of amides is 1. The number of nitro groups is 1. The van der Waals surface area contributed by atoms with Gasteiger partial charge in [-0.25, -0.2) is 10.4 Å². The molecule has 3 aromatic rings. The molecule has 2 aromatic carbocycles. The topological polar surface area (TPSA) is 107 Å². The summed E-state index contributed by atoms with van der Waals surface area (Å²) >= 11 is 6.18. The van der Waals surface area contributed by atoms with Gasteiger partial charge in [-0.3, -0.25) is 14.9 Å². The van der Waals surface area contributed by atoms with Gasteiger partial charge in [0.25, 0.3) is 5.91 Å². The third kappa shape index (κ3) is 6.99. The third-order valence-corrected chi connectivity index (χ3v) is 5.67. The number of hydrogen-bond donors (Lipinski definition) is 1. The summed E-state index contributed by atoms with van der Waals surface area (Å²) in [5.41, 5.74) is 4.06. The summed E-state index contributed by atoms with van der Waals surface area (Å²) in [5.74, 6) is -0.552. The number of aromatic nitrogens is 1. The van der Waals surface area contributed by atoms with Crippen molar-refractivity contribution in [3.05, 3.63) is 74.9 Å². The van der Waals surface area contributed by atoms with E-state index in [-0.39, 0.29) is 27.4 Å². The largest absolute Gasteiger partial charge is 0.477 e. The van der Waals surface area contributed by atoms with E-state index in [4.69, 9.17) is 16.3 Å². The first kappa shape index (κ1) is 26.1. The molecule has 0 radical (unpaired) electrons. The highest BCUT2D eigenvalue weighted by atomic mass is 35.5. The van der Waals surface area contributed by atoms with Crippen molar-refractivity contribution >= 4 is 40.3 Å². The number of halogens is 1. The van der Waals surface area contributed by atoms with E-state index in [2.05, 4.69) is 50.1 Å². The van der Waals surface area contributed by atoms with Crippen molar-refractivity contribution in [2.75, 3.05) is 6.61 Å². The Balaban J connectivity index is 1.66. The molecular weight excluding hydrogens is 468 g/mol. The van der Waals surface area contributed by atoms with Crippen LogP contribution in [-0.4, -0.2) is 28.6 Å². The average Bonchev–Trinajstić information content (AvgIpc) is 2.76. The van der Waals surface area contributed by atoms with E-state index in [0.29, 0.717) is 5.56 Å². The van der Waals surface area contributed by atoms with Crippen LogP contribution < -0.4 is 10.2 Å². The zero-order chi connectivity index (χ0) is 25.8. The number of pyridine rings is 1. The van der Waals surface area contributed by atoms with Gasteiger partial charge in [-0.1, -0.05) is 70.5 Å². The summed E-state index contributed by atoms with van der Waals surface area (Å²) in [7, 11) is 0. The van der Waals surface area contributed by atoms with Crippen molar-refractivity contribution < 1.29 is 14.5 Å². The van der Waals surface area contributed by atoms with E-state index in [1.165, 1.54) is 18.3 Å². The molecule has 1 amide bonds. The number of carbonyl (C=O) groups is 1. The van der Waals surface area contributed by atoms with Gasteiger partial charge in [-0.2, -0.15) is 5.10 Å². The fourth-order valence-corrected chi connectivity index (χ4v) is 4.37. The molecule has 1 aromatic heterocycles. The molecule has 35 heavy (non-hydrogen) atoms. The number of nitrogens with zero attached hydrogens (tertiary/aromatic N) is 3. The first-order valence-electron chi connectivity index (χ1n) is 11.1. The molecule has 0 spiro atoms. The zero-order valence-electron chi connectivity index (χ0n) is 20.5. The van der Waals surface area contributed by atoms with Crippen molar-refractivity contribution in [3.8, 4) is 5.75 Å².